The monoisotopic (exact) mass is 339 g/mol. The van der Waals surface area contributed by atoms with Gasteiger partial charge < -0.3 is 15.0 Å². The van der Waals surface area contributed by atoms with E-state index in [0.717, 1.165) is 43.8 Å². The summed E-state index contributed by atoms with van der Waals surface area (Å²) in [5.41, 5.74) is 0.910. The van der Waals surface area contributed by atoms with E-state index in [9.17, 15) is 4.79 Å². The maximum absolute atomic E-state index is 12.9. The van der Waals surface area contributed by atoms with Gasteiger partial charge in [0, 0.05) is 12.2 Å². The molecule has 0 bridgehead atoms. The number of rotatable bonds is 6. The SMILES string of the molecule is O=C(COc1ccccc1)N(Cc1ccccn1)[C@H]1CCCNCC1. The standard InChI is InChI=1S/C20H25N3O2/c24-20(16-25-19-9-2-1-3-10-19)23(15-17-7-4-5-13-22-17)18-8-6-12-21-14-11-18/h1-5,7,9-10,13,18,21H,6,8,11-12,14-16H2/t18-/m0/s1. The molecule has 0 spiro atoms. The van der Waals surface area contributed by atoms with Gasteiger partial charge in [-0.05, 0) is 56.6 Å². The summed E-state index contributed by atoms with van der Waals surface area (Å²) in [4.78, 5) is 19.2. The lowest BCUT2D eigenvalue weighted by Gasteiger charge is -2.31. The van der Waals surface area contributed by atoms with E-state index in [1.165, 1.54) is 0 Å². The summed E-state index contributed by atoms with van der Waals surface area (Å²) in [6.45, 7) is 2.54. The van der Waals surface area contributed by atoms with Gasteiger partial charge >= 0.3 is 0 Å². The summed E-state index contributed by atoms with van der Waals surface area (Å²) in [5.74, 6) is 0.734. The Balaban J connectivity index is 1.68. The molecule has 1 aromatic heterocycles. The highest BCUT2D eigenvalue weighted by Crippen LogP contribution is 2.17. The van der Waals surface area contributed by atoms with Crippen LogP contribution in [0, 0.1) is 0 Å². The minimum Gasteiger partial charge on any atom is -0.484 e. The quantitative estimate of drug-likeness (QED) is 0.879. The molecular formula is C20H25N3O2. The van der Waals surface area contributed by atoms with Gasteiger partial charge in [-0.2, -0.15) is 0 Å². The molecule has 1 amide bonds. The van der Waals surface area contributed by atoms with Crippen LogP contribution in [0.4, 0.5) is 0 Å². The molecule has 1 atom stereocenters. The third kappa shape index (κ3) is 5.29. The molecule has 0 unspecified atom stereocenters. The number of aromatic nitrogens is 1. The zero-order valence-corrected chi connectivity index (χ0v) is 14.4. The predicted octanol–water partition coefficient (Wildman–Crippen LogP) is 2.63. The van der Waals surface area contributed by atoms with Gasteiger partial charge in [-0.3, -0.25) is 9.78 Å². The number of nitrogens with one attached hydrogen (secondary N) is 1. The van der Waals surface area contributed by atoms with Crippen LogP contribution < -0.4 is 10.1 Å². The number of para-hydroxylation sites is 1. The van der Waals surface area contributed by atoms with Crippen LogP contribution in [0.25, 0.3) is 0 Å². The number of carbonyl (C=O) groups is 1. The molecule has 0 aliphatic carbocycles. The van der Waals surface area contributed by atoms with Crippen molar-refractivity contribution < 1.29 is 9.53 Å². The van der Waals surface area contributed by atoms with Crippen molar-refractivity contribution in [3.63, 3.8) is 0 Å². The summed E-state index contributed by atoms with van der Waals surface area (Å²) in [7, 11) is 0. The third-order valence-electron chi connectivity index (χ3n) is 4.47. The lowest BCUT2D eigenvalue weighted by molar-refractivity contribution is -0.136. The van der Waals surface area contributed by atoms with Crippen molar-refractivity contribution in [1.29, 1.82) is 0 Å². The highest BCUT2D eigenvalue weighted by atomic mass is 16.5. The smallest absolute Gasteiger partial charge is 0.261 e. The molecule has 1 fully saturated rings. The highest BCUT2D eigenvalue weighted by molar-refractivity contribution is 5.78. The lowest BCUT2D eigenvalue weighted by atomic mass is 10.1. The zero-order chi connectivity index (χ0) is 17.3. The zero-order valence-electron chi connectivity index (χ0n) is 14.4. The fourth-order valence-electron chi connectivity index (χ4n) is 3.14. The van der Waals surface area contributed by atoms with Crippen LogP contribution in [0.2, 0.25) is 0 Å². The van der Waals surface area contributed by atoms with Crippen molar-refractivity contribution in [1.82, 2.24) is 15.2 Å². The van der Waals surface area contributed by atoms with Crippen LogP contribution in [0.15, 0.2) is 54.7 Å². The minimum absolute atomic E-state index is 0.0152. The predicted molar refractivity (Wildman–Crippen MR) is 97.2 cm³/mol. The molecular weight excluding hydrogens is 314 g/mol. The molecule has 1 aromatic carbocycles. The molecule has 5 heteroatoms. The number of carbonyl (C=O) groups excluding carboxylic acids is 1. The number of benzene rings is 1. The number of hydrogen-bond donors (Lipinski definition) is 1. The van der Waals surface area contributed by atoms with Gasteiger partial charge in [0.25, 0.3) is 5.91 Å². The van der Waals surface area contributed by atoms with Gasteiger partial charge in [-0.15, -0.1) is 0 Å². The van der Waals surface area contributed by atoms with Crippen molar-refractivity contribution in [2.45, 2.75) is 31.8 Å². The molecule has 1 aliphatic heterocycles. The van der Waals surface area contributed by atoms with Crippen molar-refractivity contribution in [3.8, 4) is 5.75 Å². The van der Waals surface area contributed by atoms with Gasteiger partial charge in [-0.1, -0.05) is 24.3 Å². The van der Waals surface area contributed by atoms with E-state index < -0.39 is 0 Å². The lowest BCUT2D eigenvalue weighted by Crippen LogP contribution is -2.43. The molecule has 5 nitrogen and oxygen atoms in total. The highest BCUT2D eigenvalue weighted by Gasteiger charge is 2.25. The first-order chi connectivity index (χ1) is 12.3. The van der Waals surface area contributed by atoms with E-state index in [1.807, 2.05) is 53.4 Å². The largest absolute Gasteiger partial charge is 0.484 e. The van der Waals surface area contributed by atoms with Crippen LogP contribution in [0.1, 0.15) is 25.0 Å². The Bertz CT molecular complexity index is 641. The van der Waals surface area contributed by atoms with Crippen molar-refractivity contribution in [3.05, 3.63) is 60.4 Å². The Morgan fingerprint density at radius 2 is 1.96 bits per heavy atom. The van der Waals surface area contributed by atoms with Crippen LogP contribution in [0.3, 0.4) is 0 Å². The normalized spacial score (nSPS) is 17.5. The molecule has 132 valence electrons. The second-order valence-corrected chi connectivity index (χ2v) is 6.28. The Hall–Kier alpha value is -2.40. The summed E-state index contributed by atoms with van der Waals surface area (Å²) in [5, 5.41) is 3.41. The maximum atomic E-state index is 12.9. The number of hydrogen-bond acceptors (Lipinski definition) is 4. The van der Waals surface area contributed by atoms with Crippen LogP contribution in [0.5, 0.6) is 5.75 Å². The van der Waals surface area contributed by atoms with E-state index in [-0.39, 0.29) is 18.6 Å². The van der Waals surface area contributed by atoms with Gasteiger partial charge in [-0.25, -0.2) is 0 Å². The van der Waals surface area contributed by atoms with Crippen molar-refractivity contribution >= 4 is 5.91 Å². The molecule has 3 rings (SSSR count). The van der Waals surface area contributed by atoms with Crippen molar-refractivity contribution in [2.24, 2.45) is 0 Å². The third-order valence-corrected chi connectivity index (χ3v) is 4.47. The van der Waals surface area contributed by atoms with Gasteiger partial charge in [0.15, 0.2) is 6.61 Å². The molecule has 2 aromatic rings. The molecule has 1 N–H and O–H groups in total. The number of pyridine rings is 1. The topological polar surface area (TPSA) is 54.5 Å². The van der Waals surface area contributed by atoms with E-state index in [4.69, 9.17) is 4.74 Å². The van der Waals surface area contributed by atoms with Crippen molar-refractivity contribution in [2.75, 3.05) is 19.7 Å². The average molecular weight is 339 g/mol. The Kier molecular flexibility index (Phi) is 6.40. The Morgan fingerprint density at radius 1 is 1.12 bits per heavy atom. The first-order valence-electron chi connectivity index (χ1n) is 8.91. The Labute approximate surface area is 149 Å². The maximum Gasteiger partial charge on any atom is 0.261 e. The second-order valence-electron chi connectivity index (χ2n) is 6.28. The Morgan fingerprint density at radius 3 is 2.76 bits per heavy atom. The molecule has 1 saturated heterocycles. The second kappa shape index (κ2) is 9.18. The summed E-state index contributed by atoms with van der Waals surface area (Å²) >= 11 is 0. The summed E-state index contributed by atoms with van der Waals surface area (Å²) < 4.78 is 5.68. The molecule has 0 radical (unpaired) electrons. The van der Waals surface area contributed by atoms with Crippen LogP contribution >= 0.6 is 0 Å². The molecule has 25 heavy (non-hydrogen) atoms. The first kappa shape index (κ1) is 17.4. The van der Waals surface area contributed by atoms with E-state index in [0.29, 0.717) is 6.54 Å². The molecule has 0 saturated carbocycles. The number of amides is 1. The van der Waals surface area contributed by atoms with Gasteiger partial charge in [0.05, 0.1) is 12.2 Å². The first-order valence-corrected chi connectivity index (χ1v) is 8.91. The van der Waals surface area contributed by atoms with Crippen LogP contribution in [-0.4, -0.2) is 41.5 Å². The fraction of sp³-hybridized carbons (Fsp3) is 0.400. The fourth-order valence-corrected chi connectivity index (χ4v) is 3.14. The molecule has 2 heterocycles. The van der Waals surface area contributed by atoms with Gasteiger partial charge in [0.2, 0.25) is 0 Å². The summed E-state index contributed by atoms with van der Waals surface area (Å²) in [6.07, 6.45) is 4.82. The minimum atomic E-state index is 0.0152. The average Bonchev–Trinajstić information content (AvgIpc) is 2.95. The summed E-state index contributed by atoms with van der Waals surface area (Å²) in [6, 6.07) is 15.5. The van der Waals surface area contributed by atoms with Gasteiger partial charge in [0.1, 0.15) is 5.75 Å². The van der Waals surface area contributed by atoms with E-state index >= 15 is 0 Å². The molecule has 1 aliphatic rings. The number of nitrogens with zero attached hydrogens (tertiary/aromatic N) is 2. The van der Waals surface area contributed by atoms with Crippen LogP contribution in [-0.2, 0) is 11.3 Å². The van der Waals surface area contributed by atoms with E-state index in [2.05, 4.69) is 10.3 Å². The van der Waals surface area contributed by atoms with E-state index in [1.54, 1.807) is 6.20 Å². The number of ether oxygens (including phenoxy) is 1.